The number of hydrogen-bond acceptors (Lipinski definition) is 3. The lowest BCUT2D eigenvalue weighted by Gasteiger charge is -2.26. The maximum Gasteiger partial charge on any atom is 0.0717 e. The Bertz CT molecular complexity index is 348. The van der Waals surface area contributed by atoms with E-state index in [0.29, 0.717) is 19.8 Å². The molecular formula is C15H24N2O. The highest BCUT2D eigenvalue weighted by molar-refractivity contribution is 5.23. The van der Waals surface area contributed by atoms with Crippen LogP contribution in [-0.2, 0) is 17.9 Å². The molecule has 0 aromatic heterocycles. The Labute approximate surface area is 110 Å². The van der Waals surface area contributed by atoms with E-state index in [1.54, 1.807) is 0 Å². The molecule has 1 aliphatic heterocycles. The van der Waals surface area contributed by atoms with Crippen LogP contribution < -0.4 is 5.73 Å². The SMILES string of the molecule is NCCOCc1cccc(CN2CCCCC2)c1. The van der Waals surface area contributed by atoms with Gasteiger partial charge < -0.3 is 10.5 Å². The predicted molar refractivity (Wildman–Crippen MR) is 74.3 cm³/mol. The first-order valence-electron chi connectivity index (χ1n) is 6.96. The number of piperidine rings is 1. The second-order valence-electron chi connectivity index (χ2n) is 5.00. The Hall–Kier alpha value is -0.900. The van der Waals surface area contributed by atoms with Crippen molar-refractivity contribution in [1.29, 1.82) is 0 Å². The first-order chi connectivity index (χ1) is 8.88. The van der Waals surface area contributed by atoms with Gasteiger partial charge in [-0.15, -0.1) is 0 Å². The van der Waals surface area contributed by atoms with E-state index in [0.717, 1.165) is 6.54 Å². The average Bonchev–Trinajstić information content (AvgIpc) is 2.41. The Morgan fingerprint density at radius 1 is 1.11 bits per heavy atom. The van der Waals surface area contributed by atoms with Crippen molar-refractivity contribution in [2.75, 3.05) is 26.2 Å². The van der Waals surface area contributed by atoms with Crippen LogP contribution in [0.2, 0.25) is 0 Å². The molecular weight excluding hydrogens is 224 g/mol. The minimum atomic E-state index is 0.591. The van der Waals surface area contributed by atoms with Gasteiger partial charge in [-0.3, -0.25) is 4.90 Å². The highest BCUT2D eigenvalue weighted by Gasteiger charge is 2.10. The van der Waals surface area contributed by atoms with Crippen LogP contribution in [0.25, 0.3) is 0 Å². The molecule has 0 amide bonds. The molecule has 0 radical (unpaired) electrons. The molecule has 1 aromatic rings. The van der Waals surface area contributed by atoms with Crippen LogP contribution in [0.5, 0.6) is 0 Å². The molecule has 1 aromatic carbocycles. The molecule has 1 fully saturated rings. The highest BCUT2D eigenvalue weighted by Crippen LogP contribution is 2.14. The van der Waals surface area contributed by atoms with Crippen molar-refractivity contribution < 1.29 is 4.74 Å². The Morgan fingerprint density at radius 2 is 1.89 bits per heavy atom. The summed E-state index contributed by atoms with van der Waals surface area (Å²) < 4.78 is 5.48. The number of likely N-dealkylation sites (tertiary alicyclic amines) is 1. The lowest BCUT2D eigenvalue weighted by Crippen LogP contribution is -2.29. The zero-order valence-electron chi connectivity index (χ0n) is 11.1. The van der Waals surface area contributed by atoms with Gasteiger partial charge in [0.05, 0.1) is 13.2 Å². The van der Waals surface area contributed by atoms with Crippen LogP contribution in [0.4, 0.5) is 0 Å². The first-order valence-corrected chi connectivity index (χ1v) is 6.96. The van der Waals surface area contributed by atoms with Gasteiger partial charge in [-0.1, -0.05) is 30.7 Å². The Morgan fingerprint density at radius 3 is 2.67 bits per heavy atom. The maximum absolute atomic E-state index is 5.48. The van der Waals surface area contributed by atoms with Crippen LogP contribution >= 0.6 is 0 Å². The maximum atomic E-state index is 5.48. The van der Waals surface area contributed by atoms with Gasteiger partial charge >= 0.3 is 0 Å². The molecule has 0 spiro atoms. The third-order valence-corrected chi connectivity index (χ3v) is 3.38. The molecule has 1 saturated heterocycles. The number of rotatable bonds is 6. The van der Waals surface area contributed by atoms with E-state index in [1.165, 1.54) is 43.5 Å². The van der Waals surface area contributed by atoms with E-state index in [2.05, 4.69) is 29.2 Å². The number of ether oxygens (including phenoxy) is 1. The number of nitrogens with two attached hydrogens (primary N) is 1. The lowest BCUT2D eigenvalue weighted by atomic mass is 10.1. The van der Waals surface area contributed by atoms with Crippen molar-refractivity contribution in [2.24, 2.45) is 5.73 Å². The molecule has 1 aliphatic rings. The summed E-state index contributed by atoms with van der Waals surface area (Å²) in [5.74, 6) is 0. The van der Waals surface area contributed by atoms with Crippen LogP contribution in [0.15, 0.2) is 24.3 Å². The van der Waals surface area contributed by atoms with Crippen LogP contribution in [0.3, 0.4) is 0 Å². The Kier molecular flexibility index (Phi) is 5.65. The van der Waals surface area contributed by atoms with Gasteiger partial charge in [-0.2, -0.15) is 0 Å². The van der Waals surface area contributed by atoms with Crippen LogP contribution in [0, 0.1) is 0 Å². The molecule has 2 N–H and O–H groups in total. The summed E-state index contributed by atoms with van der Waals surface area (Å²) in [5.41, 5.74) is 8.06. The average molecular weight is 248 g/mol. The van der Waals surface area contributed by atoms with E-state index >= 15 is 0 Å². The molecule has 0 bridgehead atoms. The zero-order valence-corrected chi connectivity index (χ0v) is 11.1. The monoisotopic (exact) mass is 248 g/mol. The van der Waals surface area contributed by atoms with Gasteiger partial charge in [0.15, 0.2) is 0 Å². The van der Waals surface area contributed by atoms with E-state index in [9.17, 15) is 0 Å². The zero-order chi connectivity index (χ0) is 12.6. The quantitative estimate of drug-likeness (QED) is 0.784. The van der Waals surface area contributed by atoms with Crippen molar-refractivity contribution in [2.45, 2.75) is 32.4 Å². The predicted octanol–water partition coefficient (Wildman–Crippen LogP) is 2.15. The fraction of sp³-hybridized carbons (Fsp3) is 0.600. The van der Waals surface area contributed by atoms with Gasteiger partial charge in [0.2, 0.25) is 0 Å². The minimum Gasteiger partial charge on any atom is -0.375 e. The van der Waals surface area contributed by atoms with Gasteiger partial charge in [0.25, 0.3) is 0 Å². The van der Waals surface area contributed by atoms with Crippen molar-refractivity contribution in [3.05, 3.63) is 35.4 Å². The van der Waals surface area contributed by atoms with Crippen molar-refractivity contribution in [3.63, 3.8) is 0 Å². The number of nitrogens with zero attached hydrogens (tertiary/aromatic N) is 1. The van der Waals surface area contributed by atoms with Crippen molar-refractivity contribution in [1.82, 2.24) is 4.90 Å². The summed E-state index contributed by atoms with van der Waals surface area (Å²) in [6.07, 6.45) is 4.09. The van der Waals surface area contributed by atoms with E-state index in [4.69, 9.17) is 10.5 Å². The van der Waals surface area contributed by atoms with Crippen LogP contribution in [0.1, 0.15) is 30.4 Å². The molecule has 0 atom stereocenters. The Balaban J connectivity index is 1.85. The summed E-state index contributed by atoms with van der Waals surface area (Å²) in [4.78, 5) is 2.54. The molecule has 2 rings (SSSR count). The standard InChI is InChI=1S/C15H24N2O/c16-7-10-18-13-15-6-4-5-14(11-15)12-17-8-2-1-3-9-17/h4-6,11H,1-3,7-10,12-13,16H2. The molecule has 0 unspecified atom stereocenters. The molecule has 18 heavy (non-hydrogen) atoms. The lowest BCUT2D eigenvalue weighted by molar-refractivity contribution is 0.128. The topological polar surface area (TPSA) is 38.5 Å². The van der Waals surface area contributed by atoms with Gasteiger partial charge in [-0.25, -0.2) is 0 Å². The van der Waals surface area contributed by atoms with Gasteiger partial charge in [0.1, 0.15) is 0 Å². The van der Waals surface area contributed by atoms with E-state index in [1.807, 2.05) is 0 Å². The second kappa shape index (κ2) is 7.52. The summed E-state index contributed by atoms with van der Waals surface area (Å²) in [6.45, 7) is 5.46. The third kappa shape index (κ3) is 4.41. The molecule has 0 saturated carbocycles. The molecule has 3 heteroatoms. The molecule has 100 valence electrons. The van der Waals surface area contributed by atoms with E-state index in [-0.39, 0.29) is 0 Å². The fourth-order valence-corrected chi connectivity index (χ4v) is 2.47. The smallest absolute Gasteiger partial charge is 0.0717 e. The summed E-state index contributed by atoms with van der Waals surface area (Å²) >= 11 is 0. The summed E-state index contributed by atoms with van der Waals surface area (Å²) in [5, 5.41) is 0. The minimum absolute atomic E-state index is 0.591. The van der Waals surface area contributed by atoms with Crippen molar-refractivity contribution >= 4 is 0 Å². The summed E-state index contributed by atoms with van der Waals surface area (Å²) in [6, 6.07) is 8.71. The fourth-order valence-electron chi connectivity index (χ4n) is 2.47. The summed E-state index contributed by atoms with van der Waals surface area (Å²) in [7, 11) is 0. The number of benzene rings is 1. The van der Waals surface area contributed by atoms with Crippen molar-refractivity contribution in [3.8, 4) is 0 Å². The first kappa shape index (κ1) is 13.5. The van der Waals surface area contributed by atoms with Crippen LogP contribution in [-0.4, -0.2) is 31.1 Å². The third-order valence-electron chi connectivity index (χ3n) is 3.38. The van der Waals surface area contributed by atoms with Gasteiger partial charge in [-0.05, 0) is 37.1 Å². The molecule has 0 aliphatic carbocycles. The van der Waals surface area contributed by atoms with E-state index < -0.39 is 0 Å². The second-order valence-corrected chi connectivity index (χ2v) is 5.00. The number of hydrogen-bond donors (Lipinski definition) is 1. The van der Waals surface area contributed by atoms with Gasteiger partial charge in [0, 0.05) is 13.1 Å². The normalized spacial score (nSPS) is 16.9. The molecule has 3 nitrogen and oxygen atoms in total. The molecule has 1 heterocycles. The largest absolute Gasteiger partial charge is 0.375 e. The highest BCUT2D eigenvalue weighted by atomic mass is 16.5.